The zero-order chi connectivity index (χ0) is 21.0. The summed E-state index contributed by atoms with van der Waals surface area (Å²) in [5.74, 6) is 0.106. The van der Waals surface area contributed by atoms with Crippen LogP contribution in [-0.4, -0.2) is 42.0 Å². The maximum absolute atomic E-state index is 13.6. The number of rotatable bonds is 4. The number of aromatic nitrogens is 1. The van der Waals surface area contributed by atoms with Gasteiger partial charge < -0.3 is 9.80 Å². The average Bonchev–Trinajstić information content (AvgIpc) is 2.84. The molecule has 31 heavy (non-hydrogen) atoms. The van der Waals surface area contributed by atoms with E-state index in [0.29, 0.717) is 0 Å². The first-order valence-electron chi connectivity index (χ1n) is 10.9. The second-order valence-corrected chi connectivity index (χ2v) is 8.14. The molecule has 1 fully saturated rings. The molecule has 0 spiro atoms. The topological polar surface area (TPSA) is 37.6 Å². The molecule has 0 radical (unpaired) electrons. The molecule has 0 bridgehead atoms. The van der Waals surface area contributed by atoms with Crippen LogP contribution in [0, 0.1) is 0 Å². The first kappa shape index (κ1) is 19.5. The van der Waals surface area contributed by atoms with E-state index in [-0.39, 0.29) is 5.91 Å². The van der Waals surface area contributed by atoms with Gasteiger partial charge in [0, 0.05) is 16.5 Å². The third-order valence-electron chi connectivity index (χ3n) is 6.07. The van der Waals surface area contributed by atoms with Crippen molar-refractivity contribution in [1.82, 2.24) is 9.88 Å². The molecule has 4 heteroatoms. The minimum absolute atomic E-state index is 0.106. The number of benzene rings is 3. The zero-order valence-corrected chi connectivity index (χ0v) is 17.5. The summed E-state index contributed by atoms with van der Waals surface area (Å²) >= 11 is 0. The molecule has 0 atom stereocenters. The Morgan fingerprint density at radius 3 is 2.23 bits per heavy atom. The van der Waals surface area contributed by atoms with E-state index in [9.17, 15) is 4.79 Å². The van der Waals surface area contributed by atoms with Gasteiger partial charge >= 0.3 is 0 Å². The zero-order valence-electron chi connectivity index (χ0n) is 17.5. The van der Waals surface area contributed by atoms with Crippen molar-refractivity contribution in [2.45, 2.75) is 6.54 Å². The Morgan fingerprint density at radius 1 is 0.839 bits per heavy atom. The second kappa shape index (κ2) is 8.70. The molecule has 1 amide bonds. The standard InChI is InChI=1S/C27H25N3O/c31-27(30-17-15-29(16-18-30)20-21-9-3-1-4-10-21)24-19-26(22-11-5-2-6-12-22)28-25-14-8-7-13-23(24)25/h1-14,19H,15-18,20H2/p+1. The molecule has 3 aromatic carbocycles. The molecule has 0 unspecified atom stereocenters. The number of para-hydroxylation sites is 1. The average molecular weight is 409 g/mol. The predicted octanol–water partition coefficient (Wildman–Crippen LogP) is 3.44. The molecule has 1 aliphatic rings. The fraction of sp³-hybridized carbons (Fsp3) is 0.185. The minimum atomic E-state index is 0.106. The van der Waals surface area contributed by atoms with Crippen molar-refractivity contribution in [2.75, 3.05) is 26.2 Å². The lowest BCUT2D eigenvalue weighted by Crippen LogP contribution is -3.13. The van der Waals surface area contributed by atoms with Gasteiger partial charge in [0.1, 0.15) is 6.54 Å². The van der Waals surface area contributed by atoms with Crippen LogP contribution in [0.1, 0.15) is 15.9 Å². The third-order valence-corrected chi connectivity index (χ3v) is 6.07. The first-order valence-corrected chi connectivity index (χ1v) is 10.9. The Labute approximate surface area is 182 Å². The summed E-state index contributed by atoms with van der Waals surface area (Å²) in [7, 11) is 0. The van der Waals surface area contributed by atoms with Gasteiger partial charge in [-0.05, 0) is 12.1 Å². The summed E-state index contributed by atoms with van der Waals surface area (Å²) < 4.78 is 0. The van der Waals surface area contributed by atoms with E-state index in [2.05, 4.69) is 30.3 Å². The number of quaternary nitrogens is 1. The molecule has 1 aliphatic heterocycles. The number of hydrogen-bond acceptors (Lipinski definition) is 2. The normalized spacial score (nSPS) is 14.6. The van der Waals surface area contributed by atoms with E-state index in [0.717, 1.165) is 60.4 Å². The SMILES string of the molecule is O=C(c1cc(-c2ccccc2)nc2ccccc12)N1CC[NH+](Cc2ccccc2)CC1. The second-order valence-electron chi connectivity index (χ2n) is 8.14. The molecular formula is C27H26N3O+. The van der Waals surface area contributed by atoms with Gasteiger partial charge in [0.25, 0.3) is 5.91 Å². The molecule has 1 aromatic heterocycles. The molecule has 1 saturated heterocycles. The van der Waals surface area contributed by atoms with Crippen molar-refractivity contribution in [1.29, 1.82) is 0 Å². The quantitative estimate of drug-likeness (QED) is 0.562. The maximum Gasteiger partial charge on any atom is 0.255 e. The van der Waals surface area contributed by atoms with Crippen molar-refractivity contribution >= 4 is 16.8 Å². The van der Waals surface area contributed by atoms with Crippen molar-refractivity contribution in [3.05, 3.63) is 102 Å². The number of fused-ring (bicyclic) bond motifs is 1. The highest BCUT2D eigenvalue weighted by molar-refractivity contribution is 6.07. The van der Waals surface area contributed by atoms with Crippen LogP contribution in [0.3, 0.4) is 0 Å². The summed E-state index contributed by atoms with van der Waals surface area (Å²) in [6, 6.07) is 30.6. The Balaban J connectivity index is 1.38. The summed E-state index contributed by atoms with van der Waals surface area (Å²) in [6.45, 7) is 4.50. The number of carbonyl (C=O) groups excluding carboxylic acids is 1. The van der Waals surface area contributed by atoms with Crippen molar-refractivity contribution in [2.24, 2.45) is 0 Å². The molecule has 2 heterocycles. The largest absolute Gasteiger partial charge is 0.328 e. The van der Waals surface area contributed by atoms with E-state index in [1.54, 1.807) is 0 Å². The van der Waals surface area contributed by atoms with Crippen LogP contribution in [0.2, 0.25) is 0 Å². The fourth-order valence-corrected chi connectivity index (χ4v) is 4.37. The Hall–Kier alpha value is -3.50. The van der Waals surface area contributed by atoms with Gasteiger partial charge in [0.05, 0.1) is 43.0 Å². The van der Waals surface area contributed by atoms with Gasteiger partial charge in [-0.25, -0.2) is 4.98 Å². The van der Waals surface area contributed by atoms with Crippen LogP contribution in [-0.2, 0) is 6.54 Å². The Bertz CT molecular complexity index is 1180. The summed E-state index contributed by atoms with van der Waals surface area (Å²) in [4.78, 5) is 21.9. The highest BCUT2D eigenvalue weighted by Gasteiger charge is 2.26. The summed E-state index contributed by atoms with van der Waals surface area (Å²) in [5, 5.41) is 0.922. The molecule has 4 nitrogen and oxygen atoms in total. The van der Waals surface area contributed by atoms with Gasteiger partial charge in [-0.3, -0.25) is 4.79 Å². The number of hydrogen-bond donors (Lipinski definition) is 1. The monoisotopic (exact) mass is 408 g/mol. The van der Waals surface area contributed by atoms with E-state index < -0.39 is 0 Å². The van der Waals surface area contributed by atoms with Crippen LogP contribution < -0.4 is 4.90 Å². The highest BCUT2D eigenvalue weighted by Crippen LogP contribution is 2.25. The minimum Gasteiger partial charge on any atom is -0.328 e. The Kier molecular flexibility index (Phi) is 5.46. The Morgan fingerprint density at radius 2 is 1.48 bits per heavy atom. The number of carbonyl (C=O) groups is 1. The number of piperazine rings is 1. The lowest BCUT2D eigenvalue weighted by atomic mass is 10.0. The van der Waals surface area contributed by atoms with Gasteiger partial charge in [-0.15, -0.1) is 0 Å². The number of nitrogens with one attached hydrogen (secondary N) is 1. The van der Waals surface area contributed by atoms with Crippen LogP contribution in [0.4, 0.5) is 0 Å². The fourth-order valence-electron chi connectivity index (χ4n) is 4.37. The van der Waals surface area contributed by atoms with E-state index in [4.69, 9.17) is 4.98 Å². The number of nitrogens with zero attached hydrogens (tertiary/aromatic N) is 2. The lowest BCUT2D eigenvalue weighted by molar-refractivity contribution is -0.917. The number of pyridine rings is 1. The van der Waals surface area contributed by atoms with E-state index in [1.807, 2.05) is 65.6 Å². The van der Waals surface area contributed by atoms with Crippen LogP contribution in [0.5, 0.6) is 0 Å². The molecule has 0 aliphatic carbocycles. The lowest BCUT2D eigenvalue weighted by Gasteiger charge is -2.32. The van der Waals surface area contributed by atoms with Gasteiger partial charge in [0.2, 0.25) is 0 Å². The predicted molar refractivity (Wildman–Crippen MR) is 124 cm³/mol. The van der Waals surface area contributed by atoms with E-state index in [1.165, 1.54) is 10.5 Å². The van der Waals surface area contributed by atoms with Gasteiger partial charge in [0.15, 0.2) is 0 Å². The summed E-state index contributed by atoms with van der Waals surface area (Å²) in [5.41, 5.74) is 4.83. The van der Waals surface area contributed by atoms with Crippen molar-refractivity contribution in [3.8, 4) is 11.3 Å². The van der Waals surface area contributed by atoms with Crippen LogP contribution >= 0.6 is 0 Å². The molecular weight excluding hydrogens is 382 g/mol. The number of amides is 1. The van der Waals surface area contributed by atoms with Gasteiger partial charge in [-0.2, -0.15) is 0 Å². The smallest absolute Gasteiger partial charge is 0.255 e. The third kappa shape index (κ3) is 4.21. The van der Waals surface area contributed by atoms with Crippen LogP contribution in [0.25, 0.3) is 22.2 Å². The van der Waals surface area contributed by atoms with Crippen molar-refractivity contribution in [3.63, 3.8) is 0 Å². The van der Waals surface area contributed by atoms with Gasteiger partial charge in [-0.1, -0.05) is 78.9 Å². The first-order chi connectivity index (χ1) is 15.3. The maximum atomic E-state index is 13.6. The molecule has 5 rings (SSSR count). The van der Waals surface area contributed by atoms with Crippen molar-refractivity contribution < 1.29 is 9.69 Å². The molecule has 0 saturated carbocycles. The summed E-state index contributed by atoms with van der Waals surface area (Å²) in [6.07, 6.45) is 0. The molecule has 154 valence electrons. The molecule has 1 N–H and O–H groups in total. The highest BCUT2D eigenvalue weighted by atomic mass is 16.2. The van der Waals surface area contributed by atoms with E-state index >= 15 is 0 Å². The molecule has 4 aromatic rings. The van der Waals surface area contributed by atoms with Crippen LogP contribution in [0.15, 0.2) is 91.0 Å².